The normalized spacial score (nSPS) is 13.2. The van der Waals surface area contributed by atoms with Crippen LogP contribution in [0.4, 0.5) is 0 Å². The predicted octanol–water partition coefficient (Wildman–Crippen LogP) is 2.04. The number of para-hydroxylation sites is 1. The smallest absolute Gasteiger partial charge is 0.220 e. The standard InChI is InChI=1S/C16H22N2O3S/c1-12(11-22(2,20)21)18-16(19)9-5-6-13-10-17-15-8-4-3-7-14(13)15/h3-4,7-8,10,12,17H,5-6,9,11H2,1-2H3,(H,18,19). The molecular formula is C16H22N2O3S. The maximum absolute atomic E-state index is 11.8. The minimum atomic E-state index is -3.07. The average Bonchev–Trinajstić information content (AvgIpc) is 2.80. The van der Waals surface area contributed by atoms with Gasteiger partial charge < -0.3 is 10.3 Å². The molecule has 0 aliphatic heterocycles. The highest BCUT2D eigenvalue weighted by Crippen LogP contribution is 2.19. The molecule has 120 valence electrons. The average molecular weight is 322 g/mol. The molecule has 0 bridgehead atoms. The molecule has 1 aromatic heterocycles. The van der Waals surface area contributed by atoms with Gasteiger partial charge in [-0.05, 0) is 31.4 Å². The van der Waals surface area contributed by atoms with E-state index in [2.05, 4.69) is 16.4 Å². The first-order valence-corrected chi connectivity index (χ1v) is 9.43. The van der Waals surface area contributed by atoms with Gasteiger partial charge in [0.05, 0.1) is 5.75 Å². The molecule has 1 atom stereocenters. The Balaban J connectivity index is 1.80. The van der Waals surface area contributed by atoms with Crippen molar-refractivity contribution in [2.45, 2.75) is 32.2 Å². The van der Waals surface area contributed by atoms with Gasteiger partial charge in [0.2, 0.25) is 5.91 Å². The number of sulfone groups is 1. The maximum atomic E-state index is 11.8. The second kappa shape index (κ2) is 6.96. The third-order valence-corrected chi connectivity index (χ3v) is 4.59. The summed E-state index contributed by atoms with van der Waals surface area (Å²) in [5.41, 5.74) is 2.30. The molecule has 0 spiro atoms. The third-order valence-electron chi connectivity index (χ3n) is 3.49. The quantitative estimate of drug-likeness (QED) is 0.819. The Morgan fingerprint density at radius 3 is 2.77 bits per heavy atom. The highest BCUT2D eigenvalue weighted by Gasteiger charge is 2.13. The van der Waals surface area contributed by atoms with Gasteiger partial charge in [-0.15, -0.1) is 0 Å². The zero-order valence-electron chi connectivity index (χ0n) is 12.9. The van der Waals surface area contributed by atoms with E-state index in [1.165, 1.54) is 17.2 Å². The Labute approximate surface area is 131 Å². The molecule has 5 nitrogen and oxygen atoms in total. The van der Waals surface area contributed by atoms with Gasteiger partial charge in [-0.1, -0.05) is 18.2 Å². The van der Waals surface area contributed by atoms with Gasteiger partial charge in [0.25, 0.3) is 0 Å². The number of hydrogen-bond donors (Lipinski definition) is 2. The van der Waals surface area contributed by atoms with Gasteiger partial charge in [-0.3, -0.25) is 4.79 Å². The lowest BCUT2D eigenvalue weighted by Crippen LogP contribution is -2.37. The number of fused-ring (bicyclic) bond motifs is 1. The fourth-order valence-corrected chi connectivity index (χ4v) is 3.61. The van der Waals surface area contributed by atoms with E-state index in [-0.39, 0.29) is 17.7 Å². The molecule has 0 aliphatic rings. The molecule has 1 heterocycles. The summed E-state index contributed by atoms with van der Waals surface area (Å²) in [5.74, 6) is -0.128. The summed E-state index contributed by atoms with van der Waals surface area (Å²) in [6, 6.07) is 7.72. The second-order valence-corrected chi connectivity index (χ2v) is 7.96. The summed E-state index contributed by atoms with van der Waals surface area (Å²) >= 11 is 0. The van der Waals surface area contributed by atoms with Crippen LogP contribution < -0.4 is 5.32 Å². The number of aromatic amines is 1. The number of nitrogens with one attached hydrogen (secondary N) is 2. The topological polar surface area (TPSA) is 79.0 Å². The lowest BCUT2D eigenvalue weighted by molar-refractivity contribution is -0.121. The molecule has 2 aromatic rings. The Morgan fingerprint density at radius 2 is 2.05 bits per heavy atom. The van der Waals surface area contributed by atoms with E-state index in [4.69, 9.17) is 0 Å². The number of hydrogen-bond acceptors (Lipinski definition) is 3. The van der Waals surface area contributed by atoms with Crippen LogP contribution in [0.15, 0.2) is 30.5 Å². The second-order valence-electron chi connectivity index (χ2n) is 5.77. The molecule has 22 heavy (non-hydrogen) atoms. The van der Waals surface area contributed by atoms with Gasteiger partial charge in [0.15, 0.2) is 0 Å². The Hall–Kier alpha value is -1.82. The number of benzene rings is 1. The fourth-order valence-electron chi connectivity index (χ4n) is 2.62. The molecule has 1 amide bonds. The van der Waals surface area contributed by atoms with Crippen molar-refractivity contribution >= 4 is 26.6 Å². The van der Waals surface area contributed by atoms with Gasteiger partial charge in [0, 0.05) is 35.8 Å². The molecule has 1 aromatic carbocycles. The number of amides is 1. The predicted molar refractivity (Wildman–Crippen MR) is 88.6 cm³/mol. The summed E-state index contributed by atoms with van der Waals surface area (Å²) in [6.07, 6.45) is 5.10. The number of aryl methyl sites for hydroxylation is 1. The molecule has 0 saturated heterocycles. The van der Waals surface area contributed by atoms with Crippen molar-refractivity contribution in [1.29, 1.82) is 0 Å². The molecule has 0 saturated carbocycles. The van der Waals surface area contributed by atoms with Crippen LogP contribution in [0, 0.1) is 0 Å². The molecule has 0 aliphatic carbocycles. The first-order chi connectivity index (χ1) is 10.3. The van der Waals surface area contributed by atoms with Gasteiger partial charge in [-0.25, -0.2) is 8.42 Å². The monoisotopic (exact) mass is 322 g/mol. The summed E-state index contributed by atoms with van der Waals surface area (Å²) in [6.45, 7) is 1.71. The van der Waals surface area contributed by atoms with Gasteiger partial charge in [0.1, 0.15) is 9.84 Å². The van der Waals surface area contributed by atoms with E-state index in [1.807, 2.05) is 24.4 Å². The van der Waals surface area contributed by atoms with E-state index < -0.39 is 9.84 Å². The highest BCUT2D eigenvalue weighted by atomic mass is 32.2. The lowest BCUT2D eigenvalue weighted by atomic mass is 10.1. The number of aromatic nitrogens is 1. The Morgan fingerprint density at radius 1 is 1.32 bits per heavy atom. The van der Waals surface area contributed by atoms with Crippen LogP contribution in [0.25, 0.3) is 10.9 Å². The third kappa shape index (κ3) is 4.87. The van der Waals surface area contributed by atoms with E-state index >= 15 is 0 Å². The summed E-state index contributed by atoms with van der Waals surface area (Å²) < 4.78 is 22.3. The largest absolute Gasteiger partial charge is 0.361 e. The molecular weight excluding hydrogens is 300 g/mol. The van der Waals surface area contributed by atoms with Gasteiger partial charge >= 0.3 is 0 Å². The van der Waals surface area contributed by atoms with Crippen molar-refractivity contribution in [3.8, 4) is 0 Å². The lowest BCUT2D eigenvalue weighted by Gasteiger charge is -2.12. The molecule has 0 fully saturated rings. The van der Waals surface area contributed by atoms with Crippen LogP contribution in [0.2, 0.25) is 0 Å². The van der Waals surface area contributed by atoms with Crippen molar-refractivity contribution in [3.05, 3.63) is 36.0 Å². The van der Waals surface area contributed by atoms with E-state index in [0.717, 1.165) is 18.4 Å². The molecule has 6 heteroatoms. The van der Waals surface area contributed by atoms with Crippen LogP contribution in [-0.4, -0.2) is 37.4 Å². The molecule has 2 N–H and O–H groups in total. The van der Waals surface area contributed by atoms with Gasteiger partial charge in [-0.2, -0.15) is 0 Å². The number of carbonyl (C=O) groups is 1. The van der Waals surface area contributed by atoms with Crippen LogP contribution in [0.1, 0.15) is 25.3 Å². The zero-order chi connectivity index (χ0) is 16.2. The molecule has 2 rings (SSSR count). The van der Waals surface area contributed by atoms with Crippen molar-refractivity contribution in [3.63, 3.8) is 0 Å². The molecule has 1 unspecified atom stereocenters. The van der Waals surface area contributed by atoms with E-state index in [1.54, 1.807) is 6.92 Å². The van der Waals surface area contributed by atoms with Crippen LogP contribution in [0.3, 0.4) is 0 Å². The SMILES string of the molecule is CC(CS(C)(=O)=O)NC(=O)CCCc1c[nH]c2ccccc12. The summed E-state index contributed by atoms with van der Waals surface area (Å²) in [5, 5.41) is 3.92. The first-order valence-electron chi connectivity index (χ1n) is 7.37. The van der Waals surface area contributed by atoms with E-state index in [0.29, 0.717) is 6.42 Å². The molecule has 0 radical (unpaired) electrons. The van der Waals surface area contributed by atoms with Crippen LogP contribution in [0.5, 0.6) is 0 Å². The Kier molecular flexibility index (Phi) is 5.24. The minimum absolute atomic E-state index is 0.0266. The van der Waals surface area contributed by atoms with Crippen molar-refractivity contribution in [1.82, 2.24) is 10.3 Å². The van der Waals surface area contributed by atoms with Crippen LogP contribution in [-0.2, 0) is 21.1 Å². The summed E-state index contributed by atoms with van der Waals surface area (Å²) in [4.78, 5) is 15.0. The first kappa shape index (κ1) is 16.5. The van der Waals surface area contributed by atoms with Crippen molar-refractivity contribution in [2.24, 2.45) is 0 Å². The highest BCUT2D eigenvalue weighted by molar-refractivity contribution is 7.90. The number of H-pyrrole nitrogens is 1. The van der Waals surface area contributed by atoms with Crippen molar-refractivity contribution in [2.75, 3.05) is 12.0 Å². The fraction of sp³-hybridized carbons (Fsp3) is 0.438. The van der Waals surface area contributed by atoms with Crippen molar-refractivity contribution < 1.29 is 13.2 Å². The van der Waals surface area contributed by atoms with E-state index in [9.17, 15) is 13.2 Å². The number of rotatable bonds is 7. The Bertz CT molecular complexity index is 750. The summed E-state index contributed by atoms with van der Waals surface area (Å²) in [7, 11) is -3.07. The minimum Gasteiger partial charge on any atom is -0.361 e. The number of carbonyl (C=O) groups excluding carboxylic acids is 1. The maximum Gasteiger partial charge on any atom is 0.220 e. The zero-order valence-corrected chi connectivity index (χ0v) is 13.7. The van der Waals surface area contributed by atoms with Crippen LogP contribution >= 0.6 is 0 Å².